The zero-order chi connectivity index (χ0) is 15.8. The molecule has 2 aromatic rings. The fourth-order valence-corrected chi connectivity index (χ4v) is 2.06. The smallest absolute Gasteiger partial charge is 0.222 e. The Morgan fingerprint density at radius 1 is 1.23 bits per heavy atom. The number of hydrogen-bond acceptors (Lipinski definition) is 4. The summed E-state index contributed by atoms with van der Waals surface area (Å²) in [7, 11) is 1.64. The molecule has 22 heavy (non-hydrogen) atoms. The predicted molar refractivity (Wildman–Crippen MR) is 86.9 cm³/mol. The second kappa shape index (κ2) is 8.02. The van der Waals surface area contributed by atoms with Crippen molar-refractivity contribution in [1.82, 2.24) is 10.3 Å². The second-order valence-electron chi connectivity index (χ2n) is 5.01. The molecule has 2 rings (SSSR count). The van der Waals surface area contributed by atoms with E-state index in [1.807, 2.05) is 37.3 Å². The Kier molecular flexibility index (Phi) is 5.77. The van der Waals surface area contributed by atoms with Crippen molar-refractivity contribution >= 4 is 11.6 Å². The molecule has 0 bridgehead atoms. The normalized spacial score (nSPS) is 10.1. The molecule has 0 radical (unpaired) electrons. The molecule has 0 saturated carbocycles. The number of pyridine rings is 1. The highest BCUT2D eigenvalue weighted by atomic mass is 16.5. The van der Waals surface area contributed by atoms with E-state index in [-0.39, 0.29) is 5.91 Å². The van der Waals surface area contributed by atoms with Crippen LogP contribution in [0, 0.1) is 6.92 Å². The fraction of sp³-hybridized carbons (Fsp3) is 0.294. The molecule has 0 unspecified atom stereocenters. The Hall–Kier alpha value is -2.56. The number of nitrogens with zero attached hydrogens (tertiary/aromatic N) is 1. The minimum absolute atomic E-state index is 0.0101. The van der Waals surface area contributed by atoms with Gasteiger partial charge in [0.25, 0.3) is 0 Å². The first-order valence-corrected chi connectivity index (χ1v) is 7.23. The van der Waals surface area contributed by atoms with Crippen LogP contribution in [0.4, 0.5) is 5.69 Å². The monoisotopic (exact) mass is 299 g/mol. The van der Waals surface area contributed by atoms with Gasteiger partial charge < -0.3 is 15.4 Å². The number of carbonyl (C=O) groups is 1. The van der Waals surface area contributed by atoms with Gasteiger partial charge >= 0.3 is 0 Å². The maximum Gasteiger partial charge on any atom is 0.222 e. The Morgan fingerprint density at radius 3 is 2.73 bits per heavy atom. The molecule has 1 heterocycles. The summed E-state index contributed by atoms with van der Waals surface area (Å²) in [6.07, 6.45) is 3.84. The van der Waals surface area contributed by atoms with Crippen molar-refractivity contribution in [2.75, 3.05) is 19.0 Å². The van der Waals surface area contributed by atoms with Crippen LogP contribution in [-0.4, -0.2) is 24.5 Å². The highest BCUT2D eigenvalue weighted by molar-refractivity contribution is 5.76. The van der Waals surface area contributed by atoms with E-state index in [1.54, 1.807) is 19.5 Å². The van der Waals surface area contributed by atoms with E-state index in [0.717, 1.165) is 22.6 Å². The molecule has 0 spiro atoms. The topological polar surface area (TPSA) is 63.2 Å². The third-order valence-electron chi connectivity index (χ3n) is 3.26. The Balaban J connectivity index is 1.76. The molecule has 2 N–H and O–H groups in total. The number of aryl methyl sites for hydroxylation is 1. The van der Waals surface area contributed by atoms with Crippen LogP contribution >= 0.6 is 0 Å². The van der Waals surface area contributed by atoms with Gasteiger partial charge in [-0.1, -0.05) is 6.07 Å². The molecule has 0 aliphatic rings. The van der Waals surface area contributed by atoms with E-state index in [0.29, 0.717) is 19.5 Å². The van der Waals surface area contributed by atoms with Crippen molar-refractivity contribution in [2.24, 2.45) is 0 Å². The van der Waals surface area contributed by atoms with Crippen LogP contribution < -0.4 is 15.4 Å². The van der Waals surface area contributed by atoms with Crippen LogP contribution in [0.1, 0.15) is 17.5 Å². The molecule has 0 saturated heterocycles. The highest BCUT2D eigenvalue weighted by Crippen LogP contribution is 2.24. The van der Waals surface area contributed by atoms with Crippen molar-refractivity contribution in [1.29, 1.82) is 0 Å². The number of amides is 1. The first kappa shape index (κ1) is 15.8. The molecule has 0 fully saturated rings. The van der Waals surface area contributed by atoms with Gasteiger partial charge in [-0.3, -0.25) is 9.78 Å². The van der Waals surface area contributed by atoms with E-state index >= 15 is 0 Å². The summed E-state index contributed by atoms with van der Waals surface area (Å²) in [4.78, 5) is 15.8. The number of benzene rings is 1. The zero-order valence-electron chi connectivity index (χ0n) is 12.9. The molecule has 0 aliphatic heterocycles. The molecule has 116 valence electrons. The number of nitrogens with one attached hydrogen (secondary N) is 2. The largest absolute Gasteiger partial charge is 0.495 e. The average molecular weight is 299 g/mol. The van der Waals surface area contributed by atoms with Crippen LogP contribution in [0.25, 0.3) is 0 Å². The number of carbonyl (C=O) groups excluding carboxylic acids is 1. The molecule has 1 aromatic heterocycles. The Morgan fingerprint density at radius 2 is 2.00 bits per heavy atom. The van der Waals surface area contributed by atoms with Crippen LogP contribution in [-0.2, 0) is 11.3 Å². The summed E-state index contributed by atoms with van der Waals surface area (Å²) in [6, 6.07) is 9.69. The number of rotatable bonds is 7. The maximum absolute atomic E-state index is 11.8. The van der Waals surface area contributed by atoms with Gasteiger partial charge in [0, 0.05) is 31.9 Å². The minimum atomic E-state index is 0.0101. The predicted octanol–water partition coefficient (Wildman–Crippen LogP) is 2.52. The minimum Gasteiger partial charge on any atom is -0.495 e. The van der Waals surface area contributed by atoms with Gasteiger partial charge in [-0.2, -0.15) is 0 Å². The number of hydrogen-bond donors (Lipinski definition) is 2. The van der Waals surface area contributed by atoms with Gasteiger partial charge in [0.15, 0.2) is 0 Å². The van der Waals surface area contributed by atoms with Crippen molar-refractivity contribution < 1.29 is 9.53 Å². The number of ether oxygens (including phenoxy) is 1. The van der Waals surface area contributed by atoms with E-state index in [4.69, 9.17) is 4.74 Å². The first-order valence-electron chi connectivity index (χ1n) is 7.23. The quantitative estimate of drug-likeness (QED) is 0.824. The summed E-state index contributed by atoms with van der Waals surface area (Å²) in [5.74, 6) is 0.790. The molecular weight excluding hydrogens is 278 g/mol. The van der Waals surface area contributed by atoms with Crippen LogP contribution in [0.5, 0.6) is 5.75 Å². The van der Waals surface area contributed by atoms with Gasteiger partial charge in [0.1, 0.15) is 5.75 Å². The van der Waals surface area contributed by atoms with Crippen molar-refractivity contribution in [3.8, 4) is 5.75 Å². The summed E-state index contributed by atoms with van der Waals surface area (Å²) < 4.78 is 5.29. The van der Waals surface area contributed by atoms with E-state index < -0.39 is 0 Å². The molecule has 0 atom stereocenters. The molecule has 1 amide bonds. The number of anilines is 1. The van der Waals surface area contributed by atoms with Gasteiger partial charge in [-0.15, -0.1) is 0 Å². The second-order valence-corrected chi connectivity index (χ2v) is 5.01. The van der Waals surface area contributed by atoms with Crippen LogP contribution in [0.15, 0.2) is 42.7 Å². The molecular formula is C17H21N3O2. The fourth-order valence-electron chi connectivity index (χ4n) is 2.06. The average Bonchev–Trinajstić information content (AvgIpc) is 2.54. The van der Waals surface area contributed by atoms with Crippen molar-refractivity contribution in [3.63, 3.8) is 0 Å². The molecule has 5 nitrogen and oxygen atoms in total. The Bertz CT molecular complexity index is 615. The van der Waals surface area contributed by atoms with Gasteiger partial charge in [0.2, 0.25) is 5.91 Å². The SMILES string of the molecule is COc1ccc(C)cc1NCCC(=O)NCc1ccncc1. The van der Waals surface area contributed by atoms with Crippen LogP contribution in [0.2, 0.25) is 0 Å². The van der Waals surface area contributed by atoms with E-state index in [2.05, 4.69) is 15.6 Å². The first-order chi connectivity index (χ1) is 10.7. The summed E-state index contributed by atoms with van der Waals surface area (Å²) in [6.45, 7) is 3.10. The third-order valence-corrected chi connectivity index (χ3v) is 3.26. The summed E-state index contributed by atoms with van der Waals surface area (Å²) in [5.41, 5.74) is 3.09. The van der Waals surface area contributed by atoms with Gasteiger partial charge in [-0.25, -0.2) is 0 Å². The molecule has 1 aromatic carbocycles. The lowest BCUT2D eigenvalue weighted by atomic mass is 10.2. The van der Waals surface area contributed by atoms with Crippen LogP contribution in [0.3, 0.4) is 0 Å². The third kappa shape index (κ3) is 4.77. The van der Waals surface area contributed by atoms with Gasteiger partial charge in [0.05, 0.1) is 12.8 Å². The lowest BCUT2D eigenvalue weighted by molar-refractivity contribution is -0.121. The van der Waals surface area contributed by atoms with E-state index in [1.165, 1.54) is 0 Å². The lowest BCUT2D eigenvalue weighted by Crippen LogP contribution is -2.24. The Labute approximate surface area is 130 Å². The molecule has 5 heteroatoms. The zero-order valence-corrected chi connectivity index (χ0v) is 12.9. The highest BCUT2D eigenvalue weighted by Gasteiger charge is 2.05. The summed E-state index contributed by atoms with van der Waals surface area (Å²) >= 11 is 0. The van der Waals surface area contributed by atoms with Crippen molar-refractivity contribution in [2.45, 2.75) is 19.9 Å². The van der Waals surface area contributed by atoms with Crippen molar-refractivity contribution in [3.05, 3.63) is 53.9 Å². The summed E-state index contributed by atoms with van der Waals surface area (Å²) in [5, 5.41) is 6.13. The lowest BCUT2D eigenvalue weighted by Gasteiger charge is -2.12. The number of aromatic nitrogens is 1. The standard InChI is InChI=1S/C17H21N3O2/c1-13-3-4-16(22-2)15(11-13)19-10-7-17(21)20-12-14-5-8-18-9-6-14/h3-6,8-9,11,19H,7,10,12H2,1-2H3,(H,20,21). The number of methoxy groups -OCH3 is 1. The molecule has 0 aliphatic carbocycles. The maximum atomic E-state index is 11.8. The van der Waals surface area contributed by atoms with Gasteiger partial charge in [-0.05, 0) is 42.3 Å². The van der Waals surface area contributed by atoms with E-state index in [9.17, 15) is 4.79 Å².